The Bertz CT molecular complexity index is 234. The second-order valence-electron chi connectivity index (χ2n) is 4.66. The van der Waals surface area contributed by atoms with Crippen molar-refractivity contribution in [3.63, 3.8) is 0 Å². The molecule has 0 radical (unpaired) electrons. The summed E-state index contributed by atoms with van der Waals surface area (Å²) in [7, 11) is 0. The Labute approximate surface area is 102 Å². The first-order valence-corrected chi connectivity index (χ1v) is 6.58. The van der Waals surface area contributed by atoms with E-state index >= 15 is 0 Å². The summed E-state index contributed by atoms with van der Waals surface area (Å²) in [6.07, 6.45) is 4.74. The lowest BCUT2D eigenvalue weighted by Gasteiger charge is -2.25. The second-order valence-corrected chi connectivity index (χ2v) is 4.66. The van der Waals surface area contributed by atoms with Crippen LogP contribution < -0.4 is 5.32 Å². The first-order valence-electron chi connectivity index (χ1n) is 6.58. The van der Waals surface area contributed by atoms with E-state index in [0.717, 1.165) is 25.9 Å². The van der Waals surface area contributed by atoms with Crippen molar-refractivity contribution in [2.45, 2.75) is 31.8 Å². The average Bonchev–Trinajstić information content (AvgIpc) is 2.66. The lowest BCUT2D eigenvalue weighted by molar-refractivity contribution is -0.0855. The van der Waals surface area contributed by atoms with Crippen LogP contribution in [0.2, 0.25) is 0 Å². The van der Waals surface area contributed by atoms with Crippen molar-refractivity contribution < 1.29 is 14.3 Å². The van der Waals surface area contributed by atoms with E-state index in [4.69, 9.17) is 9.47 Å². The number of nitrogens with one attached hydrogen (secondary N) is 1. The van der Waals surface area contributed by atoms with Crippen molar-refractivity contribution >= 4 is 6.03 Å². The molecule has 0 aromatic heterocycles. The maximum Gasteiger partial charge on any atom is 0.317 e. The fraction of sp³-hybridized carbons (Fsp3) is 0.917. The van der Waals surface area contributed by atoms with Gasteiger partial charge in [-0.2, -0.15) is 0 Å². The van der Waals surface area contributed by atoms with Crippen LogP contribution in [0.1, 0.15) is 25.7 Å². The molecule has 2 heterocycles. The Balaban J connectivity index is 1.68. The number of urea groups is 1. The minimum absolute atomic E-state index is 0.0136. The zero-order valence-electron chi connectivity index (χ0n) is 10.3. The molecule has 0 saturated carbocycles. The van der Waals surface area contributed by atoms with Crippen LogP contribution in [0.4, 0.5) is 4.79 Å². The van der Waals surface area contributed by atoms with Crippen LogP contribution in [0.15, 0.2) is 0 Å². The fourth-order valence-corrected chi connectivity index (χ4v) is 2.24. The standard InChI is InChI=1S/C12H22N2O3/c15-12(14-5-3-1-2-4-6-14)13-9-11-10-16-7-8-17-11/h11H,1-10H2,(H,13,15). The predicted octanol–water partition coefficient (Wildman–Crippen LogP) is 0.987. The van der Waals surface area contributed by atoms with Crippen LogP contribution in [0.25, 0.3) is 0 Å². The molecule has 1 atom stereocenters. The van der Waals surface area contributed by atoms with Gasteiger partial charge in [0.2, 0.25) is 0 Å². The summed E-state index contributed by atoms with van der Waals surface area (Å²) >= 11 is 0. The van der Waals surface area contributed by atoms with Gasteiger partial charge in [0, 0.05) is 19.6 Å². The zero-order chi connectivity index (χ0) is 11.9. The van der Waals surface area contributed by atoms with E-state index in [0.29, 0.717) is 26.4 Å². The Morgan fingerprint density at radius 2 is 1.94 bits per heavy atom. The smallest absolute Gasteiger partial charge is 0.317 e. The maximum atomic E-state index is 11.9. The van der Waals surface area contributed by atoms with E-state index < -0.39 is 0 Å². The van der Waals surface area contributed by atoms with Gasteiger partial charge in [-0.25, -0.2) is 4.79 Å². The lowest BCUT2D eigenvalue weighted by Crippen LogP contribution is -2.45. The molecule has 2 saturated heterocycles. The van der Waals surface area contributed by atoms with Crippen LogP contribution in [0.3, 0.4) is 0 Å². The highest BCUT2D eigenvalue weighted by atomic mass is 16.6. The molecular weight excluding hydrogens is 220 g/mol. The number of hydrogen-bond donors (Lipinski definition) is 1. The number of rotatable bonds is 2. The molecule has 0 aromatic rings. The molecule has 0 spiro atoms. The molecule has 2 fully saturated rings. The minimum atomic E-state index is 0.0136. The minimum Gasteiger partial charge on any atom is -0.376 e. The van der Waals surface area contributed by atoms with Gasteiger partial charge in [-0.05, 0) is 12.8 Å². The Hall–Kier alpha value is -0.810. The Morgan fingerprint density at radius 3 is 2.59 bits per heavy atom. The van der Waals surface area contributed by atoms with Gasteiger partial charge in [0.05, 0.1) is 25.9 Å². The number of carbonyl (C=O) groups excluding carboxylic acids is 1. The van der Waals surface area contributed by atoms with Gasteiger partial charge >= 0.3 is 6.03 Å². The number of carbonyl (C=O) groups is 1. The summed E-state index contributed by atoms with van der Waals surface area (Å²) in [5, 5.41) is 2.93. The van der Waals surface area contributed by atoms with Crippen LogP contribution in [0, 0.1) is 0 Å². The molecule has 5 heteroatoms. The molecule has 2 rings (SSSR count). The molecule has 98 valence electrons. The summed E-state index contributed by atoms with van der Waals surface area (Å²) in [6, 6.07) is 0.0427. The van der Waals surface area contributed by atoms with E-state index in [1.807, 2.05) is 4.90 Å². The van der Waals surface area contributed by atoms with E-state index in [2.05, 4.69) is 5.32 Å². The quantitative estimate of drug-likeness (QED) is 0.785. The molecule has 2 amide bonds. The molecule has 2 aliphatic rings. The van der Waals surface area contributed by atoms with Gasteiger partial charge in [0.15, 0.2) is 0 Å². The molecule has 0 aliphatic carbocycles. The molecule has 0 aromatic carbocycles. The van der Waals surface area contributed by atoms with Gasteiger partial charge in [-0.3, -0.25) is 0 Å². The summed E-state index contributed by atoms with van der Waals surface area (Å²) in [5.74, 6) is 0. The molecule has 1 unspecified atom stereocenters. The lowest BCUT2D eigenvalue weighted by atomic mass is 10.2. The topological polar surface area (TPSA) is 50.8 Å². The van der Waals surface area contributed by atoms with E-state index in [1.54, 1.807) is 0 Å². The Morgan fingerprint density at radius 1 is 1.18 bits per heavy atom. The largest absolute Gasteiger partial charge is 0.376 e. The van der Waals surface area contributed by atoms with Crippen LogP contribution in [0.5, 0.6) is 0 Å². The number of ether oxygens (including phenoxy) is 2. The molecule has 1 N–H and O–H groups in total. The highest BCUT2D eigenvalue weighted by Gasteiger charge is 2.18. The highest BCUT2D eigenvalue weighted by Crippen LogP contribution is 2.09. The number of nitrogens with zero attached hydrogens (tertiary/aromatic N) is 1. The Kier molecular flexibility index (Phi) is 5.07. The van der Waals surface area contributed by atoms with Gasteiger partial charge in [-0.1, -0.05) is 12.8 Å². The SMILES string of the molecule is O=C(NCC1COCCO1)N1CCCCCC1. The maximum absolute atomic E-state index is 11.9. The average molecular weight is 242 g/mol. The molecule has 17 heavy (non-hydrogen) atoms. The van der Waals surface area contributed by atoms with Gasteiger partial charge in [0.1, 0.15) is 0 Å². The number of likely N-dealkylation sites (tertiary alicyclic amines) is 1. The molecule has 0 bridgehead atoms. The highest BCUT2D eigenvalue weighted by molar-refractivity contribution is 5.74. The predicted molar refractivity (Wildman–Crippen MR) is 64.0 cm³/mol. The normalized spacial score (nSPS) is 26.4. The third-order valence-corrected chi connectivity index (χ3v) is 3.26. The summed E-state index contributed by atoms with van der Waals surface area (Å²) < 4.78 is 10.8. The number of hydrogen-bond acceptors (Lipinski definition) is 3. The fourth-order valence-electron chi connectivity index (χ4n) is 2.24. The van der Waals surface area contributed by atoms with Crippen molar-refractivity contribution in [2.75, 3.05) is 39.5 Å². The van der Waals surface area contributed by atoms with E-state index in [-0.39, 0.29) is 12.1 Å². The van der Waals surface area contributed by atoms with Crippen molar-refractivity contribution in [1.29, 1.82) is 0 Å². The van der Waals surface area contributed by atoms with Crippen LogP contribution >= 0.6 is 0 Å². The van der Waals surface area contributed by atoms with Gasteiger partial charge in [-0.15, -0.1) is 0 Å². The van der Waals surface area contributed by atoms with Crippen molar-refractivity contribution in [2.24, 2.45) is 0 Å². The van der Waals surface area contributed by atoms with Crippen molar-refractivity contribution in [3.8, 4) is 0 Å². The summed E-state index contributed by atoms with van der Waals surface area (Å²) in [4.78, 5) is 13.8. The summed E-state index contributed by atoms with van der Waals surface area (Å²) in [6.45, 7) is 4.19. The second kappa shape index (κ2) is 6.81. The van der Waals surface area contributed by atoms with E-state index in [9.17, 15) is 4.79 Å². The third kappa shape index (κ3) is 4.16. The zero-order valence-corrected chi connectivity index (χ0v) is 10.3. The first-order chi connectivity index (χ1) is 8.36. The molecule has 2 aliphatic heterocycles. The summed E-state index contributed by atoms with van der Waals surface area (Å²) in [5.41, 5.74) is 0. The van der Waals surface area contributed by atoms with Crippen molar-refractivity contribution in [1.82, 2.24) is 10.2 Å². The molecular formula is C12H22N2O3. The molecule has 5 nitrogen and oxygen atoms in total. The monoisotopic (exact) mass is 242 g/mol. The van der Waals surface area contributed by atoms with Crippen molar-refractivity contribution in [3.05, 3.63) is 0 Å². The first kappa shape index (κ1) is 12.6. The van der Waals surface area contributed by atoms with Gasteiger partial charge < -0.3 is 19.7 Å². The van der Waals surface area contributed by atoms with Crippen LogP contribution in [-0.4, -0.2) is 56.5 Å². The number of amides is 2. The third-order valence-electron chi connectivity index (χ3n) is 3.26. The van der Waals surface area contributed by atoms with Crippen LogP contribution in [-0.2, 0) is 9.47 Å². The van der Waals surface area contributed by atoms with E-state index in [1.165, 1.54) is 12.8 Å². The van der Waals surface area contributed by atoms with Gasteiger partial charge in [0.25, 0.3) is 0 Å².